The average molecular weight is 255 g/mol. The Morgan fingerprint density at radius 3 is 2.46 bits per heavy atom. The van der Waals surface area contributed by atoms with E-state index in [-0.39, 0.29) is 5.69 Å². The Bertz CT molecular complexity index is 311. The van der Waals surface area contributed by atoms with E-state index in [1.54, 1.807) is 0 Å². The molecule has 0 aromatic carbocycles. The van der Waals surface area contributed by atoms with Gasteiger partial charge in [-0.05, 0) is 11.6 Å². The molecule has 0 atom stereocenters. The summed E-state index contributed by atoms with van der Waals surface area (Å²) in [5.41, 5.74) is 4.42. The molecule has 0 amide bonds. The van der Waals surface area contributed by atoms with Gasteiger partial charge in [0.05, 0.1) is 5.69 Å². The lowest BCUT2D eigenvalue weighted by molar-refractivity contribution is -0.140. The highest BCUT2D eigenvalue weighted by atomic mass is 79.9. The molecular weight excluding hydrogens is 249 g/mol. The van der Waals surface area contributed by atoms with Gasteiger partial charge in [0.1, 0.15) is 0 Å². The lowest BCUT2D eigenvalue weighted by Crippen LogP contribution is -2.11. The van der Waals surface area contributed by atoms with Crippen molar-refractivity contribution in [3.05, 3.63) is 23.5 Å². The summed E-state index contributed by atoms with van der Waals surface area (Å²) in [6, 6.07) is 1.25. The number of hydrogen-bond acceptors (Lipinski definition) is 2. The summed E-state index contributed by atoms with van der Waals surface area (Å²) in [6.45, 7) is 0. The van der Waals surface area contributed by atoms with Crippen molar-refractivity contribution < 1.29 is 13.2 Å². The third-order valence-corrected chi connectivity index (χ3v) is 2.04. The fourth-order valence-electron chi connectivity index (χ4n) is 0.837. The number of nitrogen functional groups attached to an aromatic ring is 1. The standard InChI is InChI=1S/C7H6BrF3N2/c8-2-4-1-5(12)6(13-3-4)7(9,10)11/h1,3H,2,12H2. The molecule has 1 aromatic rings. The number of aromatic nitrogens is 1. The molecular formula is C7H6BrF3N2. The number of halogens is 4. The third kappa shape index (κ3) is 2.33. The Balaban J connectivity index is 3.13. The van der Waals surface area contributed by atoms with Crippen LogP contribution in [0, 0.1) is 0 Å². The summed E-state index contributed by atoms with van der Waals surface area (Å²) in [5.74, 6) is 0. The zero-order valence-electron chi connectivity index (χ0n) is 6.40. The zero-order valence-corrected chi connectivity index (χ0v) is 7.98. The Hall–Kier alpha value is -0.780. The minimum atomic E-state index is -4.48. The molecule has 6 heteroatoms. The molecule has 0 fully saturated rings. The van der Waals surface area contributed by atoms with Crippen molar-refractivity contribution in [1.82, 2.24) is 4.98 Å². The molecule has 1 heterocycles. The molecule has 0 aliphatic carbocycles. The second-order valence-corrected chi connectivity index (χ2v) is 2.97. The van der Waals surface area contributed by atoms with Crippen molar-refractivity contribution in [3.63, 3.8) is 0 Å². The summed E-state index contributed by atoms with van der Waals surface area (Å²) < 4.78 is 36.4. The first-order valence-corrected chi connectivity index (χ1v) is 4.45. The molecule has 0 unspecified atom stereocenters. The number of rotatable bonds is 1. The Kier molecular flexibility index (Phi) is 2.80. The van der Waals surface area contributed by atoms with E-state index in [1.165, 1.54) is 6.07 Å². The Labute approximate surface area is 81.1 Å². The monoisotopic (exact) mass is 254 g/mol. The maximum atomic E-state index is 12.1. The van der Waals surface area contributed by atoms with Crippen LogP contribution in [0.1, 0.15) is 11.3 Å². The number of nitrogens with two attached hydrogens (primary N) is 1. The van der Waals surface area contributed by atoms with Gasteiger partial charge in [-0.15, -0.1) is 0 Å². The highest BCUT2D eigenvalue weighted by Crippen LogP contribution is 2.31. The molecule has 0 aliphatic heterocycles. The predicted molar refractivity (Wildman–Crippen MR) is 46.3 cm³/mol. The summed E-state index contributed by atoms with van der Waals surface area (Å²) in [7, 11) is 0. The van der Waals surface area contributed by atoms with Gasteiger partial charge in [0.25, 0.3) is 0 Å². The minimum absolute atomic E-state index is 0.343. The van der Waals surface area contributed by atoms with E-state index in [9.17, 15) is 13.2 Å². The molecule has 1 aromatic heterocycles. The normalized spacial score (nSPS) is 11.7. The fourth-order valence-corrected chi connectivity index (χ4v) is 1.14. The number of hydrogen-bond donors (Lipinski definition) is 1. The van der Waals surface area contributed by atoms with E-state index in [2.05, 4.69) is 20.9 Å². The molecule has 2 nitrogen and oxygen atoms in total. The van der Waals surface area contributed by atoms with E-state index in [1.807, 2.05) is 0 Å². The van der Waals surface area contributed by atoms with E-state index >= 15 is 0 Å². The molecule has 0 bridgehead atoms. The fraction of sp³-hybridized carbons (Fsp3) is 0.286. The summed E-state index contributed by atoms with van der Waals surface area (Å²) in [4.78, 5) is 3.24. The van der Waals surface area contributed by atoms with Crippen LogP contribution in [-0.2, 0) is 11.5 Å². The lowest BCUT2D eigenvalue weighted by atomic mass is 10.2. The number of alkyl halides is 4. The van der Waals surface area contributed by atoms with Gasteiger partial charge in [0.15, 0.2) is 5.69 Å². The van der Waals surface area contributed by atoms with E-state index < -0.39 is 11.9 Å². The van der Waals surface area contributed by atoms with Crippen LogP contribution in [0.2, 0.25) is 0 Å². The summed E-state index contributed by atoms with van der Waals surface area (Å²) in [5, 5.41) is 0.433. The molecule has 2 N–H and O–H groups in total. The van der Waals surface area contributed by atoms with Crippen LogP contribution in [0.25, 0.3) is 0 Å². The topological polar surface area (TPSA) is 38.9 Å². The van der Waals surface area contributed by atoms with E-state index in [0.29, 0.717) is 10.9 Å². The highest BCUT2D eigenvalue weighted by Gasteiger charge is 2.34. The van der Waals surface area contributed by atoms with Gasteiger partial charge in [-0.1, -0.05) is 15.9 Å². The van der Waals surface area contributed by atoms with Crippen molar-refractivity contribution in [2.24, 2.45) is 0 Å². The maximum Gasteiger partial charge on any atom is 0.435 e. The first kappa shape index (κ1) is 10.3. The second kappa shape index (κ2) is 3.53. The van der Waals surface area contributed by atoms with Crippen LogP contribution >= 0.6 is 15.9 Å². The Morgan fingerprint density at radius 1 is 1.46 bits per heavy atom. The molecule has 1 rings (SSSR count). The summed E-state index contributed by atoms with van der Waals surface area (Å²) >= 11 is 3.09. The van der Waals surface area contributed by atoms with Crippen molar-refractivity contribution in [2.45, 2.75) is 11.5 Å². The minimum Gasteiger partial charge on any atom is -0.397 e. The van der Waals surface area contributed by atoms with Gasteiger partial charge in [-0.25, -0.2) is 4.98 Å². The van der Waals surface area contributed by atoms with Crippen molar-refractivity contribution in [2.75, 3.05) is 5.73 Å². The van der Waals surface area contributed by atoms with E-state index in [0.717, 1.165) is 6.20 Å². The molecule has 0 aliphatic rings. The van der Waals surface area contributed by atoms with Crippen LogP contribution in [0.5, 0.6) is 0 Å². The summed E-state index contributed by atoms with van der Waals surface area (Å²) in [6.07, 6.45) is -3.33. The highest BCUT2D eigenvalue weighted by molar-refractivity contribution is 9.08. The lowest BCUT2D eigenvalue weighted by Gasteiger charge is -2.08. The van der Waals surface area contributed by atoms with Crippen molar-refractivity contribution >= 4 is 21.6 Å². The van der Waals surface area contributed by atoms with Crippen LogP contribution in [0.15, 0.2) is 12.3 Å². The third-order valence-electron chi connectivity index (χ3n) is 1.40. The molecule has 0 radical (unpaired) electrons. The van der Waals surface area contributed by atoms with Crippen molar-refractivity contribution in [1.29, 1.82) is 0 Å². The van der Waals surface area contributed by atoms with E-state index in [4.69, 9.17) is 5.73 Å². The Morgan fingerprint density at radius 2 is 2.08 bits per heavy atom. The average Bonchev–Trinajstić information content (AvgIpc) is 2.01. The smallest absolute Gasteiger partial charge is 0.397 e. The predicted octanol–water partition coefficient (Wildman–Crippen LogP) is 2.58. The SMILES string of the molecule is Nc1cc(CBr)cnc1C(F)(F)F. The quantitative estimate of drug-likeness (QED) is 0.783. The van der Waals surface area contributed by atoms with Gasteiger partial charge in [0, 0.05) is 11.5 Å². The second-order valence-electron chi connectivity index (χ2n) is 2.41. The van der Waals surface area contributed by atoms with Gasteiger partial charge in [-0.2, -0.15) is 13.2 Å². The largest absolute Gasteiger partial charge is 0.435 e. The first-order valence-electron chi connectivity index (χ1n) is 3.32. The first-order chi connectivity index (χ1) is 5.95. The van der Waals surface area contributed by atoms with Gasteiger partial charge in [-0.3, -0.25) is 0 Å². The van der Waals surface area contributed by atoms with Gasteiger partial charge >= 0.3 is 6.18 Å². The van der Waals surface area contributed by atoms with Crippen molar-refractivity contribution in [3.8, 4) is 0 Å². The van der Waals surface area contributed by atoms with Gasteiger partial charge in [0.2, 0.25) is 0 Å². The molecule has 0 saturated carbocycles. The molecule has 13 heavy (non-hydrogen) atoms. The van der Waals surface area contributed by atoms with Crippen LogP contribution in [-0.4, -0.2) is 4.98 Å². The van der Waals surface area contributed by atoms with Gasteiger partial charge < -0.3 is 5.73 Å². The van der Waals surface area contributed by atoms with Crippen LogP contribution in [0.4, 0.5) is 18.9 Å². The molecule has 0 saturated heterocycles. The van der Waals surface area contributed by atoms with Crippen LogP contribution in [0.3, 0.4) is 0 Å². The molecule has 0 spiro atoms. The number of pyridine rings is 1. The number of anilines is 1. The number of nitrogens with zero attached hydrogens (tertiary/aromatic N) is 1. The zero-order chi connectivity index (χ0) is 10.1. The van der Waals surface area contributed by atoms with Crippen LogP contribution < -0.4 is 5.73 Å². The maximum absolute atomic E-state index is 12.1. The molecule has 72 valence electrons.